The van der Waals surface area contributed by atoms with Gasteiger partial charge in [-0.2, -0.15) is 0 Å². The molecule has 0 saturated carbocycles. The molecule has 96 valence electrons. The Balaban J connectivity index is 3.55. The maximum atomic E-state index is 11.2. The molecule has 0 heterocycles. The van der Waals surface area contributed by atoms with Crippen molar-refractivity contribution in [1.29, 1.82) is 0 Å². The molecule has 6 heteroatoms. The third kappa shape index (κ3) is 8.01. The van der Waals surface area contributed by atoms with E-state index in [1.54, 1.807) is 6.92 Å². The molecule has 0 radical (unpaired) electrons. The third-order valence-corrected chi connectivity index (χ3v) is 1.90. The van der Waals surface area contributed by atoms with Crippen LogP contribution in [0.5, 0.6) is 0 Å². The van der Waals surface area contributed by atoms with E-state index in [1.807, 2.05) is 0 Å². The fourth-order valence-electron chi connectivity index (χ4n) is 0.935. The standard InChI is InChI=1S/C11H18N2O4/c1-8(2)11(16)13-7-6-12-9(14)4-5-10(15)17-3/h1,4-7H2,2-3H3,(H,12,14)(H,13,16). The van der Waals surface area contributed by atoms with Gasteiger partial charge >= 0.3 is 5.97 Å². The summed E-state index contributed by atoms with van der Waals surface area (Å²) in [6.45, 7) is 5.73. The molecule has 0 aliphatic heterocycles. The Morgan fingerprint density at radius 1 is 1.12 bits per heavy atom. The first-order chi connectivity index (χ1) is 7.97. The van der Waals surface area contributed by atoms with Crippen molar-refractivity contribution in [3.63, 3.8) is 0 Å². The summed E-state index contributed by atoms with van der Waals surface area (Å²) in [5.74, 6) is -0.912. The SMILES string of the molecule is C=C(C)C(=O)NCCNC(=O)CCC(=O)OC. The Hall–Kier alpha value is -1.85. The molecule has 6 nitrogen and oxygen atoms in total. The van der Waals surface area contributed by atoms with E-state index in [0.717, 1.165) is 0 Å². The van der Waals surface area contributed by atoms with E-state index in [-0.39, 0.29) is 24.7 Å². The number of hydrogen-bond acceptors (Lipinski definition) is 4. The number of rotatable bonds is 7. The highest BCUT2D eigenvalue weighted by Gasteiger charge is 2.06. The van der Waals surface area contributed by atoms with Crippen LogP contribution in [0, 0.1) is 0 Å². The van der Waals surface area contributed by atoms with Crippen LogP contribution in [0.2, 0.25) is 0 Å². The number of methoxy groups -OCH3 is 1. The lowest BCUT2D eigenvalue weighted by Gasteiger charge is -2.06. The van der Waals surface area contributed by atoms with Crippen molar-refractivity contribution in [1.82, 2.24) is 10.6 Å². The lowest BCUT2D eigenvalue weighted by Crippen LogP contribution is -2.34. The molecule has 0 aromatic rings. The van der Waals surface area contributed by atoms with Gasteiger partial charge in [0.2, 0.25) is 11.8 Å². The monoisotopic (exact) mass is 242 g/mol. The normalized spacial score (nSPS) is 9.29. The van der Waals surface area contributed by atoms with E-state index in [9.17, 15) is 14.4 Å². The first-order valence-corrected chi connectivity index (χ1v) is 5.24. The summed E-state index contributed by atoms with van der Waals surface area (Å²) in [7, 11) is 1.27. The van der Waals surface area contributed by atoms with Gasteiger partial charge in [-0.15, -0.1) is 0 Å². The minimum absolute atomic E-state index is 0.0560. The zero-order chi connectivity index (χ0) is 13.3. The number of carbonyl (C=O) groups is 3. The highest BCUT2D eigenvalue weighted by molar-refractivity contribution is 5.92. The van der Waals surface area contributed by atoms with Crippen molar-refractivity contribution in [3.05, 3.63) is 12.2 Å². The van der Waals surface area contributed by atoms with Gasteiger partial charge in [0.25, 0.3) is 0 Å². The average Bonchev–Trinajstić information content (AvgIpc) is 2.30. The van der Waals surface area contributed by atoms with Gasteiger partial charge in [0.15, 0.2) is 0 Å². The zero-order valence-electron chi connectivity index (χ0n) is 10.2. The van der Waals surface area contributed by atoms with Crippen LogP contribution in [-0.2, 0) is 19.1 Å². The van der Waals surface area contributed by atoms with E-state index >= 15 is 0 Å². The van der Waals surface area contributed by atoms with Crippen LogP contribution in [0.3, 0.4) is 0 Å². The highest BCUT2D eigenvalue weighted by Crippen LogP contribution is 1.91. The molecule has 0 fully saturated rings. The Morgan fingerprint density at radius 2 is 1.71 bits per heavy atom. The van der Waals surface area contributed by atoms with E-state index in [0.29, 0.717) is 18.7 Å². The van der Waals surface area contributed by atoms with Gasteiger partial charge in [0.05, 0.1) is 13.5 Å². The molecule has 0 unspecified atom stereocenters. The summed E-state index contributed by atoms with van der Waals surface area (Å²) < 4.78 is 4.40. The topological polar surface area (TPSA) is 84.5 Å². The fourth-order valence-corrected chi connectivity index (χ4v) is 0.935. The van der Waals surface area contributed by atoms with Gasteiger partial charge in [0, 0.05) is 25.1 Å². The third-order valence-electron chi connectivity index (χ3n) is 1.90. The quantitative estimate of drug-likeness (QED) is 0.366. The molecule has 0 atom stereocenters. The molecule has 2 amide bonds. The fraction of sp³-hybridized carbons (Fsp3) is 0.545. The largest absolute Gasteiger partial charge is 0.469 e. The van der Waals surface area contributed by atoms with Crippen molar-refractivity contribution >= 4 is 17.8 Å². The van der Waals surface area contributed by atoms with Gasteiger partial charge < -0.3 is 15.4 Å². The van der Waals surface area contributed by atoms with Crippen molar-refractivity contribution in [2.75, 3.05) is 20.2 Å². The zero-order valence-corrected chi connectivity index (χ0v) is 10.2. The van der Waals surface area contributed by atoms with Gasteiger partial charge in [0.1, 0.15) is 0 Å². The summed E-state index contributed by atoms with van der Waals surface area (Å²) in [5, 5.41) is 5.13. The number of nitrogens with one attached hydrogen (secondary N) is 2. The molecule has 0 aromatic heterocycles. The average molecular weight is 242 g/mol. The molecule has 0 spiro atoms. The maximum absolute atomic E-state index is 11.2. The molecule has 17 heavy (non-hydrogen) atoms. The highest BCUT2D eigenvalue weighted by atomic mass is 16.5. The van der Waals surface area contributed by atoms with Crippen molar-refractivity contribution in [2.24, 2.45) is 0 Å². The lowest BCUT2D eigenvalue weighted by atomic mass is 10.3. The molecular formula is C11H18N2O4. The minimum Gasteiger partial charge on any atom is -0.469 e. The Bertz CT molecular complexity index is 313. The van der Waals surface area contributed by atoms with Gasteiger partial charge in [-0.1, -0.05) is 6.58 Å². The van der Waals surface area contributed by atoms with Crippen LogP contribution in [0.4, 0.5) is 0 Å². The Labute approximate surface area is 100 Å². The number of carbonyl (C=O) groups excluding carboxylic acids is 3. The summed E-state index contributed by atoms with van der Waals surface area (Å²) in [6, 6.07) is 0. The van der Waals surface area contributed by atoms with Gasteiger partial charge in [-0.05, 0) is 6.92 Å². The molecule has 2 N–H and O–H groups in total. The molecule has 0 aliphatic carbocycles. The number of ether oxygens (including phenoxy) is 1. The van der Waals surface area contributed by atoms with Crippen LogP contribution >= 0.6 is 0 Å². The predicted octanol–water partition coefficient (Wildman–Crippen LogP) is -0.252. The molecule has 0 bridgehead atoms. The first kappa shape index (κ1) is 15.2. The number of amides is 2. The van der Waals surface area contributed by atoms with Crippen molar-refractivity contribution < 1.29 is 19.1 Å². The van der Waals surface area contributed by atoms with Gasteiger partial charge in [-0.25, -0.2) is 0 Å². The molecule has 0 aromatic carbocycles. The Kier molecular flexibility index (Phi) is 7.41. The molecule has 0 rings (SSSR count). The first-order valence-electron chi connectivity index (χ1n) is 5.24. The summed E-state index contributed by atoms with van der Waals surface area (Å²) in [5.41, 5.74) is 0.419. The molecule has 0 aliphatic rings. The van der Waals surface area contributed by atoms with Crippen LogP contribution < -0.4 is 10.6 Å². The number of esters is 1. The lowest BCUT2D eigenvalue weighted by molar-refractivity contribution is -0.142. The second-order valence-corrected chi connectivity index (χ2v) is 3.46. The van der Waals surface area contributed by atoms with Crippen LogP contribution in [-0.4, -0.2) is 38.0 Å². The molecule has 0 saturated heterocycles. The number of hydrogen-bond donors (Lipinski definition) is 2. The van der Waals surface area contributed by atoms with Gasteiger partial charge in [-0.3, -0.25) is 14.4 Å². The van der Waals surface area contributed by atoms with Crippen molar-refractivity contribution in [3.8, 4) is 0 Å². The minimum atomic E-state index is -0.421. The van der Waals surface area contributed by atoms with E-state index in [2.05, 4.69) is 21.9 Å². The van der Waals surface area contributed by atoms with Crippen molar-refractivity contribution in [2.45, 2.75) is 19.8 Å². The second-order valence-electron chi connectivity index (χ2n) is 3.46. The summed E-state index contributed by atoms with van der Waals surface area (Å²) >= 11 is 0. The Morgan fingerprint density at radius 3 is 2.24 bits per heavy atom. The summed E-state index contributed by atoms with van der Waals surface area (Å²) in [4.78, 5) is 33.0. The van der Waals surface area contributed by atoms with Crippen LogP contribution in [0.1, 0.15) is 19.8 Å². The smallest absolute Gasteiger partial charge is 0.306 e. The predicted molar refractivity (Wildman–Crippen MR) is 62.1 cm³/mol. The maximum Gasteiger partial charge on any atom is 0.306 e. The molecular weight excluding hydrogens is 224 g/mol. The second kappa shape index (κ2) is 8.32. The van der Waals surface area contributed by atoms with Crippen LogP contribution in [0.25, 0.3) is 0 Å². The van der Waals surface area contributed by atoms with E-state index in [1.165, 1.54) is 7.11 Å². The summed E-state index contributed by atoms with van der Waals surface area (Å²) in [6.07, 6.45) is 0.140. The van der Waals surface area contributed by atoms with Crippen LogP contribution in [0.15, 0.2) is 12.2 Å². The van der Waals surface area contributed by atoms with E-state index in [4.69, 9.17) is 0 Å². The van der Waals surface area contributed by atoms with E-state index < -0.39 is 5.97 Å².